The van der Waals surface area contributed by atoms with E-state index in [0.717, 1.165) is 13.0 Å². The van der Waals surface area contributed by atoms with E-state index in [1.54, 1.807) is 7.05 Å². The maximum atomic E-state index is 11.7. The molecule has 2 rings (SSSR count). The van der Waals surface area contributed by atoms with Crippen molar-refractivity contribution in [2.75, 3.05) is 24.6 Å². The predicted molar refractivity (Wildman–Crippen MR) is 78.6 cm³/mol. The third kappa shape index (κ3) is 3.23. The van der Waals surface area contributed by atoms with E-state index in [0.29, 0.717) is 10.6 Å². The van der Waals surface area contributed by atoms with Crippen LogP contribution in [0.15, 0.2) is 30.3 Å². The van der Waals surface area contributed by atoms with Gasteiger partial charge in [0, 0.05) is 13.6 Å². The minimum Gasteiger partial charge on any atom is -0.382 e. The van der Waals surface area contributed by atoms with Crippen LogP contribution in [0.25, 0.3) is 0 Å². The molecule has 1 aromatic heterocycles. The Bertz CT molecular complexity index is 553. The fourth-order valence-corrected chi connectivity index (χ4v) is 2.47. The summed E-state index contributed by atoms with van der Waals surface area (Å²) in [5.74, 6) is 0.0556. The minimum atomic E-state index is -0.214. The van der Waals surface area contributed by atoms with E-state index in [9.17, 15) is 4.79 Å². The average molecular weight is 276 g/mol. The van der Waals surface area contributed by atoms with Crippen LogP contribution in [-0.2, 0) is 6.42 Å². The molecule has 0 aliphatic carbocycles. The van der Waals surface area contributed by atoms with Crippen molar-refractivity contribution in [2.24, 2.45) is 0 Å². The van der Waals surface area contributed by atoms with E-state index in [-0.39, 0.29) is 11.7 Å². The van der Waals surface area contributed by atoms with E-state index in [1.165, 1.54) is 17.1 Å². The molecule has 0 bridgehead atoms. The van der Waals surface area contributed by atoms with Crippen molar-refractivity contribution in [3.8, 4) is 0 Å². The van der Waals surface area contributed by atoms with Gasteiger partial charge in [0.2, 0.25) is 0 Å². The van der Waals surface area contributed by atoms with Crippen molar-refractivity contribution in [2.45, 2.75) is 6.42 Å². The maximum Gasteiger partial charge on any atom is 0.257 e. The predicted octanol–water partition coefficient (Wildman–Crippen LogP) is 1.74. The van der Waals surface area contributed by atoms with Crippen LogP contribution in [0.2, 0.25) is 0 Å². The standard InChI is InChI=1S/C13H16N4OS/c1-15-12(18)10-11(14)17-19-13(10)16-8-7-9-5-3-2-4-6-9/h2-6,16H,7-8H2,1H3,(H2,14,17)(H,15,18). The SMILES string of the molecule is CNC(=O)c1c(N)nsc1NCCc1ccccc1. The molecule has 1 heterocycles. The zero-order valence-corrected chi connectivity index (χ0v) is 11.5. The van der Waals surface area contributed by atoms with Crippen LogP contribution in [-0.4, -0.2) is 23.9 Å². The number of aromatic nitrogens is 1. The van der Waals surface area contributed by atoms with E-state index in [4.69, 9.17) is 5.73 Å². The lowest BCUT2D eigenvalue weighted by Crippen LogP contribution is -2.20. The van der Waals surface area contributed by atoms with E-state index in [1.807, 2.05) is 18.2 Å². The lowest BCUT2D eigenvalue weighted by atomic mass is 10.1. The number of carbonyl (C=O) groups excluding carboxylic acids is 1. The molecule has 100 valence electrons. The van der Waals surface area contributed by atoms with Crippen molar-refractivity contribution in [3.05, 3.63) is 41.5 Å². The number of benzene rings is 1. The van der Waals surface area contributed by atoms with Crippen LogP contribution >= 0.6 is 11.5 Å². The largest absolute Gasteiger partial charge is 0.382 e. The van der Waals surface area contributed by atoms with E-state index >= 15 is 0 Å². The summed E-state index contributed by atoms with van der Waals surface area (Å²) in [7, 11) is 1.58. The summed E-state index contributed by atoms with van der Waals surface area (Å²) < 4.78 is 4.01. The summed E-state index contributed by atoms with van der Waals surface area (Å²) in [6.45, 7) is 0.732. The number of hydrogen-bond acceptors (Lipinski definition) is 5. The molecule has 0 aliphatic rings. The van der Waals surface area contributed by atoms with Crippen LogP contribution < -0.4 is 16.4 Å². The molecule has 4 N–H and O–H groups in total. The fourth-order valence-electron chi connectivity index (χ4n) is 1.73. The zero-order chi connectivity index (χ0) is 13.7. The summed E-state index contributed by atoms with van der Waals surface area (Å²) in [6.07, 6.45) is 0.881. The first-order chi connectivity index (χ1) is 9.22. The summed E-state index contributed by atoms with van der Waals surface area (Å²) in [4.78, 5) is 11.7. The number of anilines is 2. The maximum absolute atomic E-state index is 11.7. The quantitative estimate of drug-likeness (QED) is 0.777. The van der Waals surface area contributed by atoms with Crippen LogP contribution in [0.3, 0.4) is 0 Å². The second-order valence-electron chi connectivity index (χ2n) is 4.01. The van der Waals surface area contributed by atoms with Gasteiger partial charge in [0.15, 0.2) is 5.82 Å². The second kappa shape index (κ2) is 6.19. The molecule has 0 atom stereocenters. The number of hydrogen-bond donors (Lipinski definition) is 3. The highest BCUT2D eigenvalue weighted by Crippen LogP contribution is 2.26. The van der Waals surface area contributed by atoms with Crippen LogP contribution in [0.5, 0.6) is 0 Å². The Morgan fingerprint density at radius 1 is 1.37 bits per heavy atom. The number of nitrogens with two attached hydrogens (primary N) is 1. The molecule has 0 spiro atoms. The van der Waals surface area contributed by atoms with Gasteiger partial charge in [-0.1, -0.05) is 30.3 Å². The van der Waals surface area contributed by atoms with Gasteiger partial charge >= 0.3 is 0 Å². The van der Waals surface area contributed by atoms with Gasteiger partial charge in [-0.15, -0.1) is 0 Å². The molecular weight excluding hydrogens is 260 g/mol. The highest BCUT2D eigenvalue weighted by molar-refractivity contribution is 7.11. The third-order valence-corrected chi connectivity index (χ3v) is 3.53. The lowest BCUT2D eigenvalue weighted by Gasteiger charge is -2.06. The van der Waals surface area contributed by atoms with Gasteiger partial charge in [-0.05, 0) is 23.5 Å². The van der Waals surface area contributed by atoms with Gasteiger partial charge in [0.25, 0.3) is 5.91 Å². The molecule has 19 heavy (non-hydrogen) atoms. The van der Waals surface area contributed by atoms with Crippen molar-refractivity contribution in [3.63, 3.8) is 0 Å². The fraction of sp³-hybridized carbons (Fsp3) is 0.231. The Morgan fingerprint density at radius 3 is 2.79 bits per heavy atom. The van der Waals surface area contributed by atoms with E-state index < -0.39 is 0 Å². The summed E-state index contributed by atoms with van der Waals surface area (Å²) in [5, 5.41) is 6.49. The van der Waals surface area contributed by atoms with Gasteiger partial charge in [-0.2, -0.15) is 4.37 Å². The van der Waals surface area contributed by atoms with Gasteiger partial charge in [0.1, 0.15) is 10.6 Å². The highest BCUT2D eigenvalue weighted by Gasteiger charge is 2.17. The number of nitrogens with one attached hydrogen (secondary N) is 2. The average Bonchev–Trinajstić information content (AvgIpc) is 2.80. The van der Waals surface area contributed by atoms with Crippen molar-refractivity contribution in [1.82, 2.24) is 9.69 Å². The molecule has 0 saturated carbocycles. The first-order valence-corrected chi connectivity index (χ1v) is 6.74. The van der Waals surface area contributed by atoms with Crippen LogP contribution in [0.1, 0.15) is 15.9 Å². The van der Waals surface area contributed by atoms with Crippen molar-refractivity contribution < 1.29 is 4.79 Å². The molecule has 6 heteroatoms. The van der Waals surface area contributed by atoms with Crippen LogP contribution in [0.4, 0.5) is 10.8 Å². The molecular formula is C13H16N4OS. The zero-order valence-electron chi connectivity index (χ0n) is 10.6. The van der Waals surface area contributed by atoms with Gasteiger partial charge in [-0.3, -0.25) is 4.79 Å². The highest BCUT2D eigenvalue weighted by atomic mass is 32.1. The van der Waals surface area contributed by atoms with Crippen molar-refractivity contribution >= 4 is 28.3 Å². The number of carbonyl (C=O) groups is 1. The molecule has 0 unspecified atom stereocenters. The topological polar surface area (TPSA) is 80.0 Å². The first kappa shape index (κ1) is 13.4. The Balaban J connectivity index is 1.98. The van der Waals surface area contributed by atoms with E-state index in [2.05, 4.69) is 27.1 Å². The van der Waals surface area contributed by atoms with Gasteiger partial charge < -0.3 is 16.4 Å². The first-order valence-electron chi connectivity index (χ1n) is 5.97. The third-order valence-electron chi connectivity index (χ3n) is 2.71. The van der Waals surface area contributed by atoms with Gasteiger partial charge in [-0.25, -0.2) is 0 Å². The van der Waals surface area contributed by atoms with Crippen LogP contribution in [0, 0.1) is 0 Å². The number of nitrogens with zero attached hydrogens (tertiary/aromatic N) is 1. The Labute approximate surface area is 116 Å². The molecule has 0 fully saturated rings. The molecule has 0 aliphatic heterocycles. The lowest BCUT2D eigenvalue weighted by molar-refractivity contribution is 0.0965. The summed E-state index contributed by atoms with van der Waals surface area (Å²) in [6, 6.07) is 10.2. The normalized spacial score (nSPS) is 10.2. The summed E-state index contributed by atoms with van der Waals surface area (Å²) >= 11 is 1.21. The number of amides is 1. The molecule has 1 aromatic carbocycles. The smallest absolute Gasteiger partial charge is 0.257 e. The molecule has 5 nitrogen and oxygen atoms in total. The monoisotopic (exact) mass is 276 g/mol. The Morgan fingerprint density at radius 2 is 2.11 bits per heavy atom. The van der Waals surface area contributed by atoms with Gasteiger partial charge in [0.05, 0.1) is 0 Å². The summed E-state index contributed by atoms with van der Waals surface area (Å²) in [5.41, 5.74) is 7.37. The number of rotatable bonds is 5. The molecule has 1 amide bonds. The minimum absolute atomic E-state index is 0.214. The van der Waals surface area contributed by atoms with Crippen molar-refractivity contribution in [1.29, 1.82) is 0 Å². The molecule has 2 aromatic rings. The molecule has 0 saturated heterocycles. The molecule has 0 radical (unpaired) electrons. The Kier molecular flexibility index (Phi) is 4.35. The second-order valence-corrected chi connectivity index (χ2v) is 4.79. The number of nitrogen functional groups attached to an aromatic ring is 1. The Hall–Kier alpha value is -2.08.